The lowest BCUT2D eigenvalue weighted by Crippen LogP contribution is -2.44. The normalized spacial score (nSPS) is 17.6. The molecule has 0 spiro atoms. The maximum Gasteiger partial charge on any atom is 0.0388 e. The number of hydrogen-bond acceptors (Lipinski definition) is 2. The third-order valence-corrected chi connectivity index (χ3v) is 5.08. The van der Waals surface area contributed by atoms with Crippen LogP contribution in [0.15, 0.2) is 96.9 Å². The Balaban J connectivity index is 1.56. The van der Waals surface area contributed by atoms with Gasteiger partial charge in [0.2, 0.25) is 0 Å². The smallest absolute Gasteiger partial charge is 0.0388 e. The lowest BCUT2D eigenvalue weighted by molar-refractivity contribution is 0.202. The second-order valence-electron chi connectivity index (χ2n) is 6.83. The summed E-state index contributed by atoms with van der Waals surface area (Å²) < 4.78 is 0. The molecule has 2 aliphatic rings. The van der Waals surface area contributed by atoms with Crippen LogP contribution >= 0.6 is 0 Å². The molecule has 1 saturated heterocycles. The summed E-state index contributed by atoms with van der Waals surface area (Å²) in [6.45, 7) is 8.24. The third kappa shape index (κ3) is 3.59. The fourth-order valence-corrected chi connectivity index (χ4v) is 3.73. The van der Waals surface area contributed by atoms with Crippen molar-refractivity contribution in [1.82, 2.24) is 9.80 Å². The molecule has 2 aromatic rings. The third-order valence-electron chi connectivity index (χ3n) is 5.08. The highest BCUT2D eigenvalue weighted by Gasteiger charge is 2.24. The zero-order valence-corrected chi connectivity index (χ0v) is 14.5. The zero-order valence-electron chi connectivity index (χ0n) is 14.5. The topological polar surface area (TPSA) is 6.48 Å². The molecule has 126 valence electrons. The van der Waals surface area contributed by atoms with E-state index in [4.69, 9.17) is 0 Å². The first-order chi connectivity index (χ1) is 12.3. The Morgan fingerprint density at radius 2 is 1.52 bits per heavy atom. The highest BCUT2D eigenvalue weighted by molar-refractivity contribution is 5.37. The summed E-state index contributed by atoms with van der Waals surface area (Å²) in [6.07, 6.45) is 6.48. The molecule has 2 aliphatic heterocycles. The molecule has 0 aromatic heterocycles. The molecule has 0 bridgehead atoms. The molecule has 2 heteroatoms. The van der Waals surface area contributed by atoms with E-state index in [9.17, 15) is 0 Å². The highest BCUT2D eigenvalue weighted by Crippen LogP contribution is 2.28. The van der Waals surface area contributed by atoms with Gasteiger partial charge in [0.1, 0.15) is 0 Å². The molecule has 25 heavy (non-hydrogen) atoms. The van der Waals surface area contributed by atoms with E-state index in [1.165, 1.54) is 16.8 Å². The van der Waals surface area contributed by atoms with Gasteiger partial charge in [0.25, 0.3) is 0 Å². The van der Waals surface area contributed by atoms with Crippen LogP contribution in [-0.2, 0) is 0 Å². The molecular formula is C23H24N2. The first-order valence-corrected chi connectivity index (χ1v) is 8.96. The summed E-state index contributed by atoms with van der Waals surface area (Å²) in [7, 11) is 0. The fourth-order valence-electron chi connectivity index (χ4n) is 3.73. The summed E-state index contributed by atoms with van der Waals surface area (Å²) in [4.78, 5) is 4.92. The summed E-state index contributed by atoms with van der Waals surface area (Å²) >= 11 is 0. The van der Waals surface area contributed by atoms with Crippen molar-refractivity contribution in [2.24, 2.45) is 0 Å². The van der Waals surface area contributed by atoms with Crippen LogP contribution in [0.1, 0.15) is 17.0 Å². The van der Waals surface area contributed by atoms with E-state index in [1.807, 2.05) is 0 Å². The van der Waals surface area contributed by atoms with Crippen LogP contribution in [0.4, 0.5) is 0 Å². The second kappa shape index (κ2) is 7.12. The standard InChI is InChI=1S/C23H24N2/c1-19-12-13-25-15-14-24(17-22(25)16-19)18-23(20-8-4-2-5-9-20)21-10-6-3-7-11-21/h2-13,16,23H,1,14-15,17-18H2. The first-order valence-electron chi connectivity index (χ1n) is 8.96. The second-order valence-corrected chi connectivity index (χ2v) is 6.83. The van der Waals surface area contributed by atoms with Gasteiger partial charge >= 0.3 is 0 Å². The van der Waals surface area contributed by atoms with E-state index in [-0.39, 0.29) is 0 Å². The van der Waals surface area contributed by atoms with Crippen LogP contribution in [0, 0.1) is 0 Å². The van der Waals surface area contributed by atoms with E-state index in [1.54, 1.807) is 0 Å². The Kier molecular flexibility index (Phi) is 4.53. The molecule has 0 saturated carbocycles. The van der Waals surface area contributed by atoms with Crippen molar-refractivity contribution in [2.45, 2.75) is 5.92 Å². The van der Waals surface area contributed by atoms with Gasteiger partial charge < -0.3 is 4.90 Å². The van der Waals surface area contributed by atoms with Crippen LogP contribution in [0.5, 0.6) is 0 Å². The molecule has 1 fully saturated rings. The number of rotatable bonds is 4. The van der Waals surface area contributed by atoms with Gasteiger partial charge in [-0.2, -0.15) is 0 Å². The fraction of sp³-hybridized carbons (Fsp3) is 0.217. The number of allylic oxidation sites excluding steroid dienone is 3. The summed E-state index contributed by atoms with van der Waals surface area (Å²) in [5.41, 5.74) is 5.23. The lowest BCUT2D eigenvalue weighted by Gasteiger charge is -2.39. The van der Waals surface area contributed by atoms with E-state index < -0.39 is 0 Å². The Morgan fingerprint density at radius 3 is 2.16 bits per heavy atom. The SMILES string of the molecule is C=C1C=CN2CCN(CC(c3ccccc3)c3ccccc3)CC2=C1. The number of fused-ring (bicyclic) bond motifs is 1. The van der Waals surface area contributed by atoms with Crippen molar-refractivity contribution < 1.29 is 0 Å². The van der Waals surface area contributed by atoms with Gasteiger partial charge in [0.05, 0.1) is 0 Å². The van der Waals surface area contributed by atoms with Crippen molar-refractivity contribution in [2.75, 3.05) is 26.2 Å². The van der Waals surface area contributed by atoms with Gasteiger partial charge in [0.15, 0.2) is 0 Å². The van der Waals surface area contributed by atoms with E-state index in [0.717, 1.165) is 31.8 Å². The summed E-state index contributed by atoms with van der Waals surface area (Å²) in [6, 6.07) is 21.7. The molecule has 4 rings (SSSR count). The summed E-state index contributed by atoms with van der Waals surface area (Å²) in [5.74, 6) is 0.400. The van der Waals surface area contributed by atoms with Crippen molar-refractivity contribution in [3.05, 3.63) is 108 Å². The zero-order chi connectivity index (χ0) is 17.1. The van der Waals surface area contributed by atoms with Crippen LogP contribution in [-0.4, -0.2) is 36.0 Å². The van der Waals surface area contributed by atoms with Crippen LogP contribution in [0.2, 0.25) is 0 Å². The maximum absolute atomic E-state index is 4.08. The predicted molar refractivity (Wildman–Crippen MR) is 104 cm³/mol. The van der Waals surface area contributed by atoms with Crippen molar-refractivity contribution in [3.8, 4) is 0 Å². The lowest BCUT2D eigenvalue weighted by atomic mass is 9.90. The predicted octanol–water partition coefficient (Wildman–Crippen LogP) is 4.40. The molecule has 0 radical (unpaired) electrons. The van der Waals surface area contributed by atoms with Gasteiger partial charge in [-0.1, -0.05) is 67.2 Å². The monoisotopic (exact) mass is 328 g/mol. The Labute approximate surface area is 150 Å². The van der Waals surface area contributed by atoms with Gasteiger partial charge in [0, 0.05) is 44.0 Å². The minimum Gasteiger partial charge on any atom is -0.349 e. The van der Waals surface area contributed by atoms with Gasteiger partial charge in [-0.15, -0.1) is 0 Å². The molecule has 2 nitrogen and oxygen atoms in total. The number of benzene rings is 2. The molecular weight excluding hydrogens is 304 g/mol. The van der Waals surface area contributed by atoms with Gasteiger partial charge in [-0.3, -0.25) is 4.90 Å². The molecule has 0 amide bonds. The largest absolute Gasteiger partial charge is 0.349 e. The van der Waals surface area contributed by atoms with Crippen molar-refractivity contribution in [3.63, 3.8) is 0 Å². The molecule has 2 heterocycles. The van der Waals surface area contributed by atoms with Crippen molar-refractivity contribution >= 4 is 0 Å². The molecule has 0 atom stereocenters. The van der Waals surface area contributed by atoms with E-state index in [2.05, 4.69) is 95.4 Å². The minimum atomic E-state index is 0.400. The van der Waals surface area contributed by atoms with E-state index in [0.29, 0.717) is 5.92 Å². The average Bonchev–Trinajstić information content (AvgIpc) is 2.67. The number of piperazine rings is 1. The van der Waals surface area contributed by atoms with Crippen LogP contribution in [0.25, 0.3) is 0 Å². The Bertz CT molecular complexity index is 750. The summed E-state index contributed by atoms with van der Waals surface area (Å²) in [5, 5.41) is 0. The van der Waals surface area contributed by atoms with Crippen LogP contribution < -0.4 is 0 Å². The number of nitrogens with zero attached hydrogens (tertiary/aromatic N) is 2. The maximum atomic E-state index is 4.08. The minimum absolute atomic E-state index is 0.400. The number of hydrogen-bond donors (Lipinski definition) is 0. The first kappa shape index (κ1) is 15.9. The van der Waals surface area contributed by atoms with Gasteiger partial charge in [-0.25, -0.2) is 0 Å². The van der Waals surface area contributed by atoms with Gasteiger partial charge in [-0.05, 0) is 28.9 Å². The molecule has 2 aromatic carbocycles. The quantitative estimate of drug-likeness (QED) is 0.820. The Morgan fingerprint density at radius 1 is 0.880 bits per heavy atom. The molecule has 0 aliphatic carbocycles. The van der Waals surface area contributed by atoms with E-state index >= 15 is 0 Å². The molecule has 0 N–H and O–H groups in total. The highest BCUT2D eigenvalue weighted by atomic mass is 15.3. The Hall–Kier alpha value is -2.58. The molecule has 0 unspecified atom stereocenters. The van der Waals surface area contributed by atoms with Crippen molar-refractivity contribution in [1.29, 1.82) is 0 Å². The average molecular weight is 328 g/mol. The van der Waals surface area contributed by atoms with Crippen LogP contribution in [0.3, 0.4) is 0 Å².